The van der Waals surface area contributed by atoms with Gasteiger partial charge in [-0.05, 0) is 24.8 Å². The maximum Gasteiger partial charge on any atom is 0.233 e. The maximum absolute atomic E-state index is 13.2. The van der Waals surface area contributed by atoms with E-state index >= 15 is 0 Å². The third-order valence-corrected chi connectivity index (χ3v) is 7.69. The van der Waals surface area contributed by atoms with E-state index in [4.69, 9.17) is 4.74 Å². The molecule has 2 aliphatic carbocycles. The van der Waals surface area contributed by atoms with Crippen molar-refractivity contribution in [3.8, 4) is 5.75 Å². The fourth-order valence-electron chi connectivity index (χ4n) is 6.28. The van der Waals surface area contributed by atoms with Crippen LogP contribution in [0.25, 0.3) is 0 Å². The van der Waals surface area contributed by atoms with Crippen molar-refractivity contribution in [1.29, 1.82) is 0 Å². The number of likely N-dealkylation sites (tertiary alicyclic amines) is 2. The lowest BCUT2D eigenvalue weighted by Crippen LogP contribution is -2.43. The fraction of sp³-hybridized carbons (Fsp3) is 0.500. The first kappa shape index (κ1) is 20.9. The van der Waals surface area contributed by atoms with Crippen LogP contribution in [-0.2, 0) is 19.2 Å². The zero-order chi connectivity index (χ0) is 22.7. The number of hydrogen-bond donors (Lipinski definition) is 1. The van der Waals surface area contributed by atoms with Gasteiger partial charge in [0, 0.05) is 25.6 Å². The summed E-state index contributed by atoms with van der Waals surface area (Å²) in [5.74, 6) is -3.03. The van der Waals surface area contributed by atoms with Gasteiger partial charge in [-0.3, -0.25) is 29.0 Å². The lowest BCUT2D eigenvalue weighted by Gasteiger charge is -2.44. The van der Waals surface area contributed by atoms with E-state index in [1.807, 2.05) is 24.3 Å². The average molecular weight is 438 g/mol. The number of ether oxygens (including phenoxy) is 1. The molecule has 0 unspecified atom stereocenters. The molecule has 2 heterocycles. The van der Waals surface area contributed by atoms with Gasteiger partial charge < -0.3 is 9.84 Å². The molecule has 1 N–H and O–H groups in total. The Balaban J connectivity index is 1.65. The number of aliphatic hydroxyl groups excluding tert-OH is 1. The summed E-state index contributed by atoms with van der Waals surface area (Å²) in [6, 6.07) is 7.35. The molecule has 0 aromatic heterocycles. The molecule has 4 amide bonds. The van der Waals surface area contributed by atoms with Gasteiger partial charge in [0.1, 0.15) is 12.4 Å². The molecule has 2 saturated heterocycles. The number of hydrogen-bond acceptors (Lipinski definition) is 6. The SMILES string of the molecule is CN1C(=O)[C@H]2[C@H](CC=C3[C@H]2C[C@H]2C(=O)N(C)C(=O)[C@H]2[C@H]3c2ccccc2OCCO)C1=O. The largest absolute Gasteiger partial charge is 0.491 e. The molecular weight excluding hydrogens is 412 g/mol. The van der Waals surface area contributed by atoms with Crippen LogP contribution in [0.2, 0.25) is 0 Å². The molecule has 3 fully saturated rings. The van der Waals surface area contributed by atoms with Crippen molar-refractivity contribution < 1.29 is 29.0 Å². The molecule has 168 valence electrons. The van der Waals surface area contributed by atoms with Gasteiger partial charge in [0.25, 0.3) is 0 Å². The third kappa shape index (κ3) is 2.78. The van der Waals surface area contributed by atoms with Gasteiger partial charge in [-0.1, -0.05) is 29.8 Å². The molecule has 0 spiro atoms. The summed E-state index contributed by atoms with van der Waals surface area (Å²) in [5, 5.41) is 9.24. The third-order valence-electron chi connectivity index (χ3n) is 7.69. The summed E-state index contributed by atoms with van der Waals surface area (Å²) < 4.78 is 5.78. The van der Waals surface area contributed by atoms with Crippen LogP contribution in [0.3, 0.4) is 0 Å². The van der Waals surface area contributed by atoms with Crippen molar-refractivity contribution in [2.75, 3.05) is 27.3 Å². The van der Waals surface area contributed by atoms with Gasteiger partial charge in [-0.2, -0.15) is 0 Å². The molecule has 32 heavy (non-hydrogen) atoms. The monoisotopic (exact) mass is 438 g/mol. The lowest BCUT2D eigenvalue weighted by atomic mass is 9.57. The van der Waals surface area contributed by atoms with E-state index in [2.05, 4.69) is 0 Å². The van der Waals surface area contributed by atoms with Crippen LogP contribution in [0.15, 0.2) is 35.9 Å². The van der Waals surface area contributed by atoms with E-state index < -0.39 is 29.6 Å². The number of benzene rings is 1. The van der Waals surface area contributed by atoms with Crippen LogP contribution < -0.4 is 4.74 Å². The first-order valence-electron chi connectivity index (χ1n) is 11.0. The number of carbonyl (C=O) groups excluding carboxylic acids is 4. The highest BCUT2D eigenvalue weighted by Crippen LogP contribution is 2.58. The molecular formula is C24H26N2O6. The summed E-state index contributed by atoms with van der Waals surface area (Å²) in [6.07, 6.45) is 2.84. The zero-order valence-electron chi connectivity index (χ0n) is 18.1. The Bertz CT molecular complexity index is 1050. The standard InChI is InChI=1S/C24H26N2O6/c1-25-21(28)14-8-7-12-15(19(14)23(25)30)11-16-20(24(31)26(2)22(16)29)18(12)13-5-3-4-6-17(13)32-10-9-27/h3-7,14-16,18-20,27H,8-11H2,1-2H3/t14-,15+,16+,18+,19-,20+/m0/s1. The number of carbonyl (C=O) groups is 4. The smallest absolute Gasteiger partial charge is 0.233 e. The summed E-state index contributed by atoms with van der Waals surface area (Å²) in [4.78, 5) is 54.3. The molecule has 1 aromatic carbocycles. The van der Waals surface area contributed by atoms with Gasteiger partial charge in [-0.25, -0.2) is 0 Å². The highest BCUT2D eigenvalue weighted by atomic mass is 16.5. The van der Waals surface area contributed by atoms with Gasteiger partial charge in [0.15, 0.2) is 0 Å². The van der Waals surface area contributed by atoms with Crippen molar-refractivity contribution in [3.05, 3.63) is 41.5 Å². The Labute approximate surface area is 185 Å². The quantitative estimate of drug-likeness (QED) is 0.555. The Morgan fingerprint density at radius 2 is 1.56 bits per heavy atom. The Kier molecular flexibility index (Phi) is 4.93. The molecule has 5 rings (SSSR count). The number of aliphatic hydroxyl groups is 1. The average Bonchev–Trinajstić information content (AvgIpc) is 3.16. The minimum absolute atomic E-state index is 0.107. The molecule has 4 aliphatic rings. The number of fused-ring (bicyclic) bond motifs is 4. The highest BCUT2D eigenvalue weighted by molar-refractivity contribution is 6.07. The van der Waals surface area contributed by atoms with Crippen molar-refractivity contribution in [2.24, 2.45) is 29.6 Å². The Morgan fingerprint density at radius 1 is 0.906 bits per heavy atom. The second kappa shape index (κ2) is 7.55. The lowest BCUT2D eigenvalue weighted by molar-refractivity contribution is -0.140. The van der Waals surface area contributed by atoms with E-state index in [-0.39, 0.29) is 42.8 Å². The van der Waals surface area contributed by atoms with Crippen LogP contribution in [0.1, 0.15) is 24.3 Å². The summed E-state index contributed by atoms with van der Waals surface area (Å²) in [7, 11) is 3.02. The molecule has 1 saturated carbocycles. The van der Waals surface area contributed by atoms with E-state index in [0.717, 1.165) is 11.1 Å². The van der Waals surface area contributed by atoms with Crippen molar-refractivity contribution in [1.82, 2.24) is 9.80 Å². The zero-order valence-corrected chi connectivity index (χ0v) is 18.1. The topological polar surface area (TPSA) is 104 Å². The molecule has 6 atom stereocenters. The van der Waals surface area contributed by atoms with E-state index in [0.29, 0.717) is 18.6 Å². The predicted octanol–water partition coefficient (Wildman–Crippen LogP) is 0.953. The summed E-state index contributed by atoms with van der Waals surface area (Å²) in [6.45, 7) is -0.0429. The maximum atomic E-state index is 13.2. The van der Waals surface area contributed by atoms with E-state index in [1.54, 1.807) is 6.07 Å². The van der Waals surface area contributed by atoms with E-state index in [1.165, 1.54) is 23.9 Å². The minimum atomic E-state index is -0.574. The first-order valence-corrected chi connectivity index (χ1v) is 11.0. The molecule has 8 nitrogen and oxygen atoms in total. The van der Waals surface area contributed by atoms with Gasteiger partial charge in [-0.15, -0.1) is 0 Å². The normalized spacial score (nSPS) is 33.8. The molecule has 0 bridgehead atoms. The highest BCUT2D eigenvalue weighted by Gasteiger charge is 2.61. The number of amides is 4. The Hall–Kier alpha value is -3.00. The first-order chi connectivity index (χ1) is 15.4. The van der Waals surface area contributed by atoms with Crippen LogP contribution in [0.4, 0.5) is 0 Å². The molecule has 1 aromatic rings. The van der Waals surface area contributed by atoms with Gasteiger partial charge >= 0.3 is 0 Å². The fourth-order valence-corrected chi connectivity index (χ4v) is 6.28. The molecule has 2 aliphatic heterocycles. The van der Waals surface area contributed by atoms with Gasteiger partial charge in [0.2, 0.25) is 23.6 Å². The minimum Gasteiger partial charge on any atom is -0.491 e. The van der Waals surface area contributed by atoms with Crippen molar-refractivity contribution in [3.63, 3.8) is 0 Å². The van der Waals surface area contributed by atoms with Crippen LogP contribution in [0.5, 0.6) is 5.75 Å². The van der Waals surface area contributed by atoms with Crippen LogP contribution in [0, 0.1) is 29.6 Å². The molecule has 8 heteroatoms. The van der Waals surface area contributed by atoms with Crippen LogP contribution >= 0.6 is 0 Å². The van der Waals surface area contributed by atoms with Crippen LogP contribution in [-0.4, -0.2) is 65.8 Å². The second-order valence-corrected chi connectivity index (χ2v) is 9.11. The Morgan fingerprint density at radius 3 is 2.28 bits per heavy atom. The summed E-state index contributed by atoms with van der Waals surface area (Å²) in [5.41, 5.74) is 1.72. The number of rotatable bonds is 4. The molecule has 0 radical (unpaired) electrons. The predicted molar refractivity (Wildman–Crippen MR) is 112 cm³/mol. The number of nitrogens with zero attached hydrogens (tertiary/aromatic N) is 2. The van der Waals surface area contributed by atoms with Crippen molar-refractivity contribution in [2.45, 2.75) is 18.8 Å². The second-order valence-electron chi connectivity index (χ2n) is 9.11. The van der Waals surface area contributed by atoms with Gasteiger partial charge in [0.05, 0.1) is 30.3 Å². The number of para-hydroxylation sites is 1. The summed E-state index contributed by atoms with van der Waals surface area (Å²) >= 11 is 0. The number of allylic oxidation sites excluding steroid dienone is 2. The number of imide groups is 2. The van der Waals surface area contributed by atoms with Crippen molar-refractivity contribution >= 4 is 23.6 Å². The van der Waals surface area contributed by atoms with E-state index in [9.17, 15) is 24.3 Å².